The van der Waals surface area contributed by atoms with Gasteiger partial charge in [-0.25, -0.2) is 33.2 Å². The predicted octanol–water partition coefficient (Wildman–Crippen LogP) is 2.89. The van der Waals surface area contributed by atoms with Gasteiger partial charge in [0.15, 0.2) is 29.5 Å². The summed E-state index contributed by atoms with van der Waals surface area (Å²) in [6, 6.07) is 6.97. The van der Waals surface area contributed by atoms with Crippen molar-refractivity contribution in [2.24, 2.45) is 0 Å². The molecule has 1 aromatic carbocycles. The number of aromatic nitrogens is 4. The number of para-hydroxylation sites is 1. The molecule has 3 aromatic rings. The van der Waals surface area contributed by atoms with Crippen LogP contribution in [-0.2, 0) is 30.6 Å². The van der Waals surface area contributed by atoms with E-state index in [1.54, 1.807) is 32.0 Å². The molecule has 12 nitrogen and oxygen atoms in total. The number of anilines is 1. The number of aliphatic hydroxyl groups is 1. The van der Waals surface area contributed by atoms with E-state index >= 15 is 4.39 Å². The zero-order valence-corrected chi connectivity index (χ0v) is 23.3. The van der Waals surface area contributed by atoms with Gasteiger partial charge in [-0.1, -0.05) is 18.2 Å². The van der Waals surface area contributed by atoms with Crippen molar-refractivity contribution < 1.29 is 41.6 Å². The molecule has 0 aliphatic carbocycles. The molecule has 4 rings (SSSR count). The minimum absolute atomic E-state index is 0.00793. The van der Waals surface area contributed by atoms with Gasteiger partial charge in [-0.2, -0.15) is 0 Å². The second kappa shape index (κ2) is 11.9. The van der Waals surface area contributed by atoms with Crippen LogP contribution in [0.2, 0.25) is 0 Å². The molecule has 0 amide bonds. The molecule has 6 atom stereocenters. The number of hydrogen-bond donors (Lipinski definition) is 3. The lowest BCUT2D eigenvalue weighted by Crippen LogP contribution is -2.51. The molecule has 0 bridgehead atoms. The number of nitrogens with one attached hydrogen (secondary N) is 1. The Bertz CT molecular complexity index is 1390. The van der Waals surface area contributed by atoms with Gasteiger partial charge < -0.3 is 29.4 Å². The summed E-state index contributed by atoms with van der Waals surface area (Å²) < 4.78 is 67.9. The quantitative estimate of drug-likeness (QED) is 0.218. The number of nitrogens with two attached hydrogens (primary N) is 1. The van der Waals surface area contributed by atoms with Crippen molar-refractivity contribution in [3.63, 3.8) is 0 Å². The Balaban J connectivity index is 1.62. The van der Waals surface area contributed by atoms with Crippen molar-refractivity contribution in [2.75, 3.05) is 12.3 Å². The molecule has 0 spiro atoms. The van der Waals surface area contributed by atoms with Crippen LogP contribution >= 0.6 is 6.64 Å². The van der Waals surface area contributed by atoms with Crippen molar-refractivity contribution in [3.05, 3.63) is 43.0 Å². The average molecular weight is 605 g/mol. The van der Waals surface area contributed by atoms with Gasteiger partial charge in [0.1, 0.15) is 29.7 Å². The highest BCUT2D eigenvalue weighted by atomic mass is 32.5. The van der Waals surface area contributed by atoms with Crippen molar-refractivity contribution in [1.82, 2.24) is 24.6 Å². The maximum absolute atomic E-state index is 15.6. The van der Waals surface area contributed by atoms with Crippen molar-refractivity contribution in [2.45, 2.75) is 63.4 Å². The number of carbonyl (C=O) groups is 1. The van der Waals surface area contributed by atoms with Crippen molar-refractivity contribution in [3.8, 4) is 5.75 Å². The molecule has 3 heterocycles. The summed E-state index contributed by atoms with van der Waals surface area (Å²) in [5, 5.41) is 13.4. The summed E-state index contributed by atoms with van der Waals surface area (Å²) >= 11 is 5.53. The number of hydrogen-bond acceptors (Lipinski definition) is 11. The van der Waals surface area contributed by atoms with E-state index in [4.69, 9.17) is 36.1 Å². The number of aliphatic hydroxyl groups excluding tert-OH is 1. The Hall–Kier alpha value is -2.88. The molecule has 2 aromatic heterocycles. The van der Waals surface area contributed by atoms with Gasteiger partial charge in [0.2, 0.25) is 0 Å². The van der Waals surface area contributed by atoms with Gasteiger partial charge in [0.25, 0.3) is 6.43 Å². The molecule has 1 saturated heterocycles. The Morgan fingerprint density at radius 2 is 1.98 bits per heavy atom. The third kappa shape index (κ3) is 6.06. The number of ether oxygens (including phenoxy) is 2. The van der Waals surface area contributed by atoms with E-state index in [0.717, 1.165) is 17.2 Å². The Labute approximate surface area is 232 Å². The average Bonchev–Trinajstić information content (AvgIpc) is 3.43. The van der Waals surface area contributed by atoms with Crippen LogP contribution in [0.25, 0.3) is 11.2 Å². The second-order valence-corrected chi connectivity index (χ2v) is 12.4. The molecule has 218 valence electrons. The normalized spacial score (nSPS) is 25.3. The first-order chi connectivity index (χ1) is 18.9. The van der Waals surface area contributed by atoms with Crippen LogP contribution in [0.4, 0.5) is 19.0 Å². The zero-order chi connectivity index (χ0) is 29.2. The highest BCUT2D eigenvalue weighted by Crippen LogP contribution is 2.50. The van der Waals surface area contributed by atoms with Gasteiger partial charge in [-0.05, 0) is 44.7 Å². The molecule has 6 unspecified atom stereocenters. The first-order valence-corrected chi connectivity index (χ1v) is 14.7. The molecule has 17 heteroatoms. The van der Waals surface area contributed by atoms with Crippen LogP contribution in [-0.4, -0.2) is 73.6 Å². The number of rotatable bonds is 11. The Morgan fingerprint density at radius 3 is 2.62 bits per heavy atom. The smallest absolute Gasteiger partial charge is 0.323 e. The molecular formula is C23H28F3N6O6PS. The molecule has 1 aliphatic heterocycles. The third-order valence-electron chi connectivity index (χ3n) is 5.92. The van der Waals surface area contributed by atoms with Crippen LogP contribution in [0, 0.1) is 0 Å². The summed E-state index contributed by atoms with van der Waals surface area (Å²) in [5.74, 6) is -0.498. The lowest BCUT2D eigenvalue weighted by atomic mass is 9.98. The van der Waals surface area contributed by atoms with Gasteiger partial charge in [-0.3, -0.25) is 9.36 Å². The first kappa shape index (κ1) is 30.1. The Morgan fingerprint density at radius 1 is 1.27 bits per heavy atom. The highest BCUT2D eigenvalue weighted by molar-refractivity contribution is 8.09. The zero-order valence-electron chi connectivity index (χ0n) is 21.6. The third-order valence-corrected chi connectivity index (χ3v) is 8.40. The number of alkyl halides is 3. The minimum atomic E-state index is -3.84. The van der Waals surface area contributed by atoms with E-state index in [0.29, 0.717) is 0 Å². The van der Waals surface area contributed by atoms with Gasteiger partial charge >= 0.3 is 12.6 Å². The topological polar surface area (TPSA) is 156 Å². The van der Waals surface area contributed by atoms with Gasteiger partial charge in [0, 0.05) is 0 Å². The van der Waals surface area contributed by atoms with Crippen LogP contribution < -0.4 is 15.3 Å². The van der Waals surface area contributed by atoms with E-state index in [1.165, 1.54) is 19.1 Å². The summed E-state index contributed by atoms with van der Waals surface area (Å²) in [7, 11) is 0. The summed E-state index contributed by atoms with van der Waals surface area (Å²) in [6.07, 6.45) is -8.10. The molecule has 0 radical (unpaired) electrons. The van der Waals surface area contributed by atoms with E-state index in [2.05, 4.69) is 20.0 Å². The number of nitrogens with zero attached hydrogens (tertiary/aromatic N) is 4. The summed E-state index contributed by atoms with van der Waals surface area (Å²) in [4.78, 5) is 24.2. The molecular weight excluding hydrogens is 576 g/mol. The van der Waals surface area contributed by atoms with Crippen LogP contribution in [0.15, 0.2) is 43.0 Å². The van der Waals surface area contributed by atoms with Crippen molar-refractivity contribution in [1.29, 1.82) is 0 Å². The predicted molar refractivity (Wildman–Crippen MR) is 141 cm³/mol. The van der Waals surface area contributed by atoms with Gasteiger partial charge in [0.05, 0.1) is 19.0 Å². The lowest BCUT2D eigenvalue weighted by molar-refractivity contribution is -0.181. The van der Waals surface area contributed by atoms with Gasteiger partial charge in [-0.15, -0.1) is 0 Å². The summed E-state index contributed by atoms with van der Waals surface area (Å²) in [5.41, 5.74) is 2.94. The van der Waals surface area contributed by atoms with E-state index in [9.17, 15) is 18.7 Å². The van der Waals surface area contributed by atoms with E-state index in [1.807, 2.05) is 0 Å². The number of fused-ring (bicyclic) bond motifs is 1. The molecule has 4 N–H and O–H groups in total. The van der Waals surface area contributed by atoms with Crippen LogP contribution in [0.5, 0.6) is 5.75 Å². The number of nitrogen functional groups attached to an aromatic ring is 1. The molecule has 0 saturated carbocycles. The molecule has 1 fully saturated rings. The first-order valence-electron chi connectivity index (χ1n) is 12.1. The number of halogens is 3. The van der Waals surface area contributed by atoms with E-state index in [-0.39, 0.29) is 22.7 Å². The fourth-order valence-corrected chi connectivity index (χ4v) is 6.36. The van der Waals surface area contributed by atoms with Crippen molar-refractivity contribution >= 4 is 41.4 Å². The molecule has 1 aliphatic rings. The highest BCUT2D eigenvalue weighted by Gasteiger charge is 2.62. The maximum atomic E-state index is 15.6. The largest absolute Gasteiger partial charge is 0.462 e. The fraction of sp³-hybridized carbons (Fsp3) is 0.478. The number of benzene rings is 1. The molecule has 40 heavy (non-hydrogen) atoms. The number of esters is 1. The second-order valence-electron chi connectivity index (χ2n) is 9.25. The summed E-state index contributed by atoms with van der Waals surface area (Å²) in [6.45, 7) is -0.264. The SMILES string of the molecule is CC(C)OC(=O)C(C)NP(=S)(OCC1(C(F)F)OC(n2cnc3c(N)ncnc32)C(O)C1F)Oc1ccccc1. The minimum Gasteiger partial charge on any atom is -0.462 e. The van der Waals surface area contributed by atoms with Crippen LogP contribution in [0.3, 0.4) is 0 Å². The standard InChI is InChI=1S/C23H28F3N6O6PS/c1-12(2)36-21(34)13(3)31-39(40,38-14-7-5-4-6-8-14)35-9-23(22(25)26)17(24)16(33)20(37-23)32-11-30-15-18(27)28-10-29-19(15)32/h4-8,10-13,16-17,20,22,33H,9H2,1-3H3,(H,31,40)(H2,27,28,29). The maximum Gasteiger partial charge on any atom is 0.323 e. The number of carbonyl (C=O) groups excluding carboxylic acids is 1. The lowest BCUT2D eigenvalue weighted by Gasteiger charge is -2.33. The fourth-order valence-electron chi connectivity index (χ4n) is 3.94. The Kier molecular flexibility index (Phi) is 8.97. The monoisotopic (exact) mass is 604 g/mol. The number of imidazole rings is 1. The van der Waals surface area contributed by atoms with Crippen LogP contribution in [0.1, 0.15) is 27.0 Å². The van der Waals surface area contributed by atoms with E-state index < -0.39 is 61.9 Å².